The first kappa shape index (κ1) is 56.3. The standard InChI is InChI=1S/C56H89NO3/c1-3-5-7-9-11-13-15-16-17-18-19-20-21-22-23-24-25-26-27-28-29-30-31-32-33-34-35-36-37-38-39-40-42-44-46-48-50-52-56(60)57-54(53-58)55(59)51-49-47-45-43-41-14-12-10-8-6-4-2/h5,7-8,10-11,13,16-17,19-20,22-23,25-26,28-29,31-32,34-35,41,43,49,51,54-55,58-59H,3-4,6,9,12,14-15,18,21,24,27,30,33,36-40,42,44-48,50,52-53H2,1-2H3,(H,57,60)/b7-5-,10-8+,13-11-,17-16-,20-19-,23-22-,26-25-,29-28-,32-31-,35-34-,43-41+,51-49+. The summed E-state index contributed by atoms with van der Waals surface area (Å²) < 4.78 is 0. The van der Waals surface area contributed by atoms with Crippen LogP contribution in [-0.4, -0.2) is 34.9 Å². The Morgan fingerprint density at radius 3 is 1.15 bits per heavy atom. The molecule has 0 aromatic rings. The Kier molecular flexibility index (Phi) is 46.5. The Labute approximate surface area is 370 Å². The van der Waals surface area contributed by atoms with Crippen LogP contribution in [0, 0.1) is 0 Å². The van der Waals surface area contributed by atoms with Gasteiger partial charge in [-0.25, -0.2) is 0 Å². The summed E-state index contributed by atoms with van der Waals surface area (Å²) in [7, 11) is 0. The monoisotopic (exact) mass is 824 g/mol. The van der Waals surface area contributed by atoms with E-state index in [1.54, 1.807) is 6.08 Å². The van der Waals surface area contributed by atoms with Crippen LogP contribution in [0.25, 0.3) is 0 Å². The molecular formula is C56H89NO3. The fourth-order valence-corrected chi connectivity index (χ4v) is 6.15. The van der Waals surface area contributed by atoms with Crippen molar-refractivity contribution in [2.75, 3.05) is 6.61 Å². The van der Waals surface area contributed by atoms with Gasteiger partial charge in [-0.2, -0.15) is 0 Å². The number of hydrogen-bond acceptors (Lipinski definition) is 3. The number of amides is 1. The van der Waals surface area contributed by atoms with E-state index in [0.29, 0.717) is 6.42 Å². The molecule has 0 bridgehead atoms. The van der Waals surface area contributed by atoms with Crippen LogP contribution in [0.3, 0.4) is 0 Å². The summed E-state index contributed by atoms with van der Waals surface area (Å²) in [4.78, 5) is 12.4. The topological polar surface area (TPSA) is 69.6 Å². The molecule has 0 aromatic heterocycles. The minimum absolute atomic E-state index is 0.0944. The van der Waals surface area contributed by atoms with Crippen molar-refractivity contribution in [3.8, 4) is 0 Å². The first-order valence-electron chi connectivity index (χ1n) is 24.0. The minimum Gasteiger partial charge on any atom is -0.394 e. The normalized spacial score (nSPS) is 14.3. The van der Waals surface area contributed by atoms with Crippen LogP contribution in [-0.2, 0) is 4.79 Å². The smallest absolute Gasteiger partial charge is 0.220 e. The predicted octanol–water partition coefficient (Wildman–Crippen LogP) is 15.7. The third-order valence-electron chi connectivity index (χ3n) is 9.76. The molecule has 2 unspecified atom stereocenters. The molecular weight excluding hydrogens is 735 g/mol. The number of nitrogens with one attached hydrogen (secondary N) is 1. The van der Waals surface area contributed by atoms with Crippen LogP contribution >= 0.6 is 0 Å². The molecule has 0 fully saturated rings. The highest BCUT2D eigenvalue weighted by atomic mass is 16.3. The molecule has 0 rings (SSSR count). The van der Waals surface area contributed by atoms with Crippen molar-refractivity contribution in [3.05, 3.63) is 146 Å². The van der Waals surface area contributed by atoms with Gasteiger partial charge < -0.3 is 15.5 Å². The summed E-state index contributed by atoms with van der Waals surface area (Å²) in [5.41, 5.74) is 0. The van der Waals surface area contributed by atoms with Gasteiger partial charge in [0, 0.05) is 6.42 Å². The number of carbonyl (C=O) groups is 1. The highest BCUT2D eigenvalue weighted by Gasteiger charge is 2.17. The number of carbonyl (C=O) groups excluding carboxylic acids is 1. The summed E-state index contributed by atoms with van der Waals surface area (Å²) in [6, 6.07) is -0.657. The second-order valence-corrected chi connectivity index (χ2v) is 15.4. The summed E-state index contributed by atoms with van der Waals surface area (Å²) in [6.45, 7) is 4.08. The summed E-state index contributed by atoms with van der Waals surface area (Å²) in [5.74, 6) is -0.0944. The lowest BCUT2D eigenvalue weighted by Gasteiger charge is -2.19. The molecule has 4 heteroatoms. The number of allylic oxidation sites excluding steroid dienone is 23. The van der Waals surface area contributed by atoms with E-state index in [9.17, 15) is 15.0 Å². The van der Waals surface area contributed by atoms with Crippen molar-refractivity contribution >= 4 is 5.91 Å². The van der Waals surface area contributed by atoms with Gasteiger partial charge >= 0.3 is 0 Å². The number of hydrogen-bond donors (Lipinski definition) is 3. The first-order chi connectivity index (χ1) is 29.7. The Hall–Kier alpha value is -3.73. The number of aliphatic hydroxyl groups excluding tert-OH is 2. The molecule has 0 aromatic carbocycles. The van der Waals surface area contributed by atoms with Crippen molar-refractivity contribution in [2.24, 2.45) is 0 Å². The van der Waals surface area contributed by atoms with Crippen LogP contribution in [0.1, 0.15) is 181 Å². The zero-order chi connectivity index (χ0) is 43.5. The van der Waals surface area contributed by atoms with E-state index < -0.39 is 12.1 Å². The predicted molar refractivity (Wildman–Crippen MR) is 266 cm³/mol. The van der Waals surface area contributed by atoms with E-state index >= 15 is 0 Å². The maximum absolute atomic E-state index is 12.4. The Morgan fingerprint density at radius 2 is 0.750 bits per heavy atom. The SMILES string of the molecule is CC/C=C\C/C=C\C/C=C\C/C=C\C/C=C\C/C=C\C/C=C\C/C=C\C/C=C\CCCCCCCCCCCC(=O)NC(CO)C(O)/C=C/CC/C=C/CC/C=C/CCC. The molecule has 336 valence electrons. The molecule has 2 atom stereocenters. The summed E-state index contributed by atoms with van der Waals surface area (Å²) in [6.07, 6.45) is 79.7. The molecule has 60 heavy (non-hydrogen) atoms. The highest BCUT2D eigenvalue weighted by Crippen LogP contribution is 2.12. The van der Waals surface area contributed by atoms with Gasteiger partial charge in [-0.3, -0.25) is 4.79 Å². The average Bonchev–Trinajstić information content (AvgIpc) is 3.25. The molecule has 0 saturated carbocycles. The second kappa shape index (κ2) is 49.6. The summed E-state index contributed by atoms with van der Waals surface area (Å²) in [5, 5.41) is 22.9. The minimum atomic E-state index is -0.881. The summed E-state index contributed by atoms with van der Waals surface area (Å²) >= 11 is 0. The molecule has 0 radical (unpaired) electrons. The number of rotatable bonds is 41. The van der Waals surface area contributed by atoms with Gasteiger partial charge in [0.15, 0.2) is 0 Å². The van der Waals surface area contributed by atoms with Crippen LogP contribution in [0.2, 0.25) is 0 Å². The van der Waals surface area contributed by atoms with E-state index in [-0.39, 0.29) is 12.5 Å². The largest absolute Gasteiger partial charge is 0.394 e. The van der Waals surface area contributed by atoms with Crippen LogP contribution < -0.4 is 5.32 Å². The van der Waals surface area contributed by atoms with Crippen molar-refractivity contribution in [1.29, 1.82) is 0 Å². The van der Waals surface area contributed by atoms with Crippen molar-refractivity contribution in [1.82, 2.24) is 5.32 Å². The van der Waals surface area contributed by atoms with Crippen molar-refractivity contribution in [2.45, 2.75) is 193 Å². The van der Waals surface area contributed by atoms with E-state index in [1.165, 1.54) is 51.4 Å². The van der Waals surface area contributed by atoms with Gasteiger partial charge in [0.25, 0.3) is 0 Å². The molecule has 0 aliphatic heterocycles. The van der Waals surface area contributed by atoms with Gasteiger partial charge in [0.05, 0.1) is 18.8 Å². The highest BCUT2D eigenvalue weighted by molar-refractivity contribution is 5.76. The lowest BCUT2D eigenvalue weighted by molar-refractivity contribution is -0.123. The molecule has 3 N–H and O–H groups in total. The van der Waals surface area contributed by atoms with Gasteiger partial charge in [0.1, 0.15) is 0 Å². The lowest BCUT2D eigenvalue weighted by atomic mass is 10.1. The van der Waals surface area contributed by atoms with Crippen LogP contribution in [0.15, 0.2) is 146 Å². The Balaban J connectivity index is 3.66. The van der Waals surface area contributed by atoms with E-state index in [2.05, 4.69) is 153 Å². The average molecular weight is 824 g/mol. The van der Waals surface area contributed by atoms with Gasteiger partial charge in [0.2, 0.25) is 5.91 Å². The van der Waals surface area contributed by atoms with Crippen molar-refractivity contribution in [3.63, 3.8) is 0 Å². The number of unbranched alkanes of at least 4 members (excludes halogenated alkanes) is 12. The molecule has 0 saturated heterocycles. The van der Waals surface area contributed by atoms with E-state index in [4.69, 9.17) is 0 Å². The molecule has 0 aliphatic carbocycles. The Morgan fingerprint density at radius 1 is 0.417 bits per heavy atom. The first-order valence-corrected chi connectivity index (χ1v) is 24.0. The van der Waals surface area contributed by atoms with Crippen LogP contribution in [0.4, 0.5) is 0 Å². The third-order valence-corrected chi connectivity index (χ3v) is 9.76. The second-order valence-electron chi connectivity index (χ2n) is 15.4. The maximum atomic E-state index is 12.4. The van der Waals surface area contributed by atoms with E-state index in [0.717, 1.165) is 109 Å². The zero-order valence-electron chi connectivity index (χ0n) is 38.4. The molecule has 0 aliphatic rings. The fraction of sp³-hybridized carbons (Fsp3) is 0.554. The van der Waals surface area contributed by atoms with Gasteiger partial charge in [-0.15, -0.1) is 0 Å². The van der Waals surface area contributed by atoms with Crippen molar-refractivity contribution < 1.29 is 15.0 Å². The van der Waals surface area contributed by atoms with Crippen LogP contribution in [0.5, 0.6) is 0 Å². The van der Waals surface area contributed by atoms with E-state index in [1.807, 2.05) is 6.08 Å². The third kappa shape index (κ3) is 45.4. The fourth-order valence-electron chi connectivity index (χ4n) is 6.15. The quantitative estimate of drug-likeness (QED) is 0.0425. The van der Waals surface area contributed by atoms with Gasteiger partial charge in [-0.1, -0.05) is 211 Å². The molecule has 0 spiro atoms. The molecule has 4 nitrogen and oxygen atoms in total. The zero-order valence-corrected chi connectivity index (χ0v) is 38.4. The molecule has 1 amide bonds. The van der Waals surface area contributed by atoms with Gasteiger partial charge in [-0.05, 0) is 109 Å². The number of aliphatic hydroxyl groups is 2. The molecule has 0 heterocycles. The lowest BCUT2D eigenvalue weighted by Crippen LogP contribution is -2.45. The Bertz CT molecular complexity index is 1300. The maximum Gasteiger partial charge on any atom is 0.220 e.